The first kappa shape index (κ1) is 15.3. The Morgan fingerprint density at radius 1 is 1.29 bits per heavy atom. The van der Waals surface area contributed by atoms with Gasteiger partial charge in [0.2, 0.25) is 0 Å². The molecule has 1 aliphatic heterocycles. The van der Waals surface area contributed by atoms with E-state index >= 15 is 0 Å². The zero-order valence-corrected chi connectivity index (χ0v) is 14.8. The van der Waals surface area contributed by atoms with Crippen LogP contribution in [-0.2, 0) is 7.05 Å². The summed E-state index contributed by atoms with van der Waals surface area (Å²) in [7, 11) is 1.65. The summed E-state index contributed by atoms with van der Waals surface area (Å²) in [6.07, 6.45) is 5.84. The molecule has 0 aromatic carbocycles. The van der Waals surface area contributed by atoms with Crippen molar-refractivity contribution in [1.29, 1.82) is 0 Å². The van der Waals surface area contributed by atoms with Gasteiger partial charge in [0.25, 0.3) is 5.56 Å². The highest BCUT2D eigenvalue weighted by Crippen LogP contribution is 2.31. The minimum atomic E-state index is -0.123. The van der Waals surface area contributed by atoms with Crippen LogP contribution in [-0.4, -0.2) is 37.5 Å². The largest absolute Gasteiger partial charge is 0.368 e. The summed E-state index contributed by atoms with van der Waals surface area (Å²) in [5.74, 6) is 1.25. The average Bonchev–Trinajstić information content (AvgIpc) is 3.04. The summed E-state index contributed by atoms with van der Waals surface area (Å²) >= 11 is 3.43. The number of anilines is 1. The minimum Gasteiger partial charge on any atom is -0.368 e. The van der Waals surface area contributed by atoms with Crippen LogP contribution in [0.3, 0.4) is 0 Å². The van der Waals surface area contributed by atoms with Gasteiger partial charge in [-0.2, -0.15) is 5.10 Å². The van der Waals surface area contributed by atoms with Crippen LogP contribution in [0.25, 0.3) is 5.65 Å². The Kier molecular flexibility index (Phi) is 3.84. The maximum Gasteiger partial charge on any atom is 0.282 e. The van der Waals surface area contributed by atoms with Crippen molar-refractivity contribution in [2.24, 2.45) is 7.05 Å². The highest BCUT2D eigenvalue weighted by Gasteiger charge is 2.27. The van der Waals surface area contributed by atoms with Crippen molar-refractivity contribution < 1.29 is 0 Å². The number of aryl methyl sites for hydroxylation is 1. The van der Waals surface area contributed by atoms with E-state index in [1.54, 1.807) is 13.2 Å². The minimum absolute atomic E-state index is 0.123. The van der Waals surface area contributed by atoms with Gasteiger partial charge >= 0.3 is 0 Å². The monoisotopic (exact) mass is 388 g/mol. The van der Waals surface area contributed by atoms with E-state index < -0.39 is 0 Å². The third-order valence-electron chi connectivity index (χ3n) is 4.53. The molecule has 0 radical (unpaired) electrons. The van der Waals surface area contributed by atoms with E-state index in [1.165, 1.54) is 4.68 Å². The van der Waals surface area contributed by atoms with Crippen molar-refractivity contribution in [2.45, 2.75) is 18.8 Å². The Balaban J connectivity index is 1.67. The predicted molar refractivity (Wildman–Crippen MR) is 94.4 cm³/mol. The molecule has 0 amide bonds. The molecular weight excluding hydrogens is 372 g/mol. The van der Waals surface area contributed by atoms with Gasteiger partial charge in [0.1, 0.15) is 10.3 Å². The van der Waals surface area contributed by atoms with Crippen LogP contribution >= 0.6 is 15.9 Å². The van der Waals surface area contributed by atoms with E-state index in [9.17, 15) is 4.79 Å². The molecule has 7 nitrogen and oxygen atoms in total. The van der Waals surface area contributed by atoms with E-state index in [1.807, 2.05) is 28.8 Å². The maximum absolute atomic E-state index is 12.1. The molecule has 1 aliphatic rings. The van der Waals surface area contributed by atoms with Crippen molar-refractivity contribution in [3.8, 4) is 0 Å². The lowest BCUT2D eigenvalue weighted by molar-refractivity contribution is 0.486. The fourth-order valence-electron chi connectivity index (χ4n) is 3.27. The van der Waals surface area contributed by atoms with E-state index in [0.717, 1.165) is 43.1 Å². The molecule has 1 saturated heterocycles. The van der Waals surface area contributed by atoms with Crippen LogP contribution in [0.5, 0.6) is 0 Å². The fourth-order valence-corrected chi connectivity index (χ4v) is 3.88. The van der Waals surface area contributed by atoms with Crippen molar-refractivity contribution in [2.75, 3.05) is 18.0 Å². The molecule has 0 aliphatic carbocycles. The number of hydrogen-bond acceptors (Lipinski definition) is 5. The summed E-state index contributed by atoms with van der Waals surface area (Å²) in [5.41, 5.74) is 1.58. The van der Waals surface area contributed by atoms with Crippen molar-refractivity contribution in [1.82, 2.24) is 24.4 Å². The Labute approximate surface area is 147 Å². The number of fused-ring (bicyclic) bond motifs is 1. The fraction of sp³-hybridized carbons (Fsp3) is 0.375. The van der Waals surface area contributed by atoms with Gasteiger partial charge in [0.15, 0.2) is 5.65 Å². The van der Waals surface area contributed by atoms with Crippen LogP contribution < -0.4 is 10.5 Å². The molecule has 1 unspecified atom stereocenters. The highest BCUT2D eigenvalue weighted by molar-refractivity contribution is 9.10. The number of hydrogen-bond donors (Lipinski definition) is 0. The number of halogens is 1. The van der Waals surface area contributed by atoms with Crippen LogP contribution in [0.1, 0.15) is 24.6 Å². The van der Waals surface area contributed by atoms with Crippen molar-refractivity contribution in [3.63, 3.8) is 0 Å². The van der Waals surface area contributed by atoms with Gasteiger partial charge in [0.05, 0.1) is 11.9 Å². The van der Waals surface area contributed by atoms with E-state index in [-0.39, 0.29) is 11.5 Å². The maximum atomic E-state index is 12.1. The van der Waals surface area contributed by atoms with Crippen LogP contribution in [0.4, 0.5) is 5.69 Å². The molecule has 0 spiro atoms. The van der Waals surface area contributed by atoms with Gasteiger partial charge in [-0.05, 0) is 40.9 Å². The number of nitrogens with zero attached hydrogens (tertiary/aromatic N) is 6. The predicted octanol–water partition coefficient (Wildman–Crippen LogP) is 1.97. The van der Waals surface area contributed by atoms with Gasteiger partial charge in [-0.1, -0.05) is 6.07 Å². The summed E-state index contributed by atoms with van der Waals surface area (Å²) in [4.78, 5) is 14.3. The molecule has 0 saturated carbocycles. The lowest BCUT2D eigenvalue weighted by Crippen LogP contribution is -2.37. The van der Waals surface area contributed by atoms with E-state index in [2.05, 4.69) is 36.1 Å². The molecule has 1 atom stereocenters. The second kappa shape index (κ2) is 6.01. The number of pyridine rings is 1. The van der Waals surface area contributed by atoms with Crippen LogP contribution in [0, 0.1) is 0 Å². The molecule has 3 aromatic heterocycles. The standard InChI is InChI=1S/C16H17BrN6O/c1-21-16(24)14(17)12(9-18-21)22-7-4-5-11(10-22)15-20-19-13-6-2-3-8-23(13)15/h2-3,6,8-9,11H,4-5,7,10H2,1H3. The summed E-state index contributed by atoms with van der Waals surface area (Å²) in [5, 5.41) is 12.8. The second-order valence-electron chi connectivity index (χ2n) is 6.04. The number of rotatable bonds is 2. The topological polar surface area (TPSA) is 68.3 Å². The molecule has 8 heteroatoms. The molecule has 3 aromatic rings. The molecule has 24 heavy (non-hydrogen) atoms. The normalized spacial score (nSPS) is 18.2. The van der Waals surface area contributed by atoms with Crippen molar-refractivity contribution >= 4 is 27.3 Å². The van der Waals surface area contributed by atoms with Gasteiger partial charge in [-0.25, -0.2) is 4.68 Å². The number of piperidine rings is 1. The van der Waals surface area contributed by atoms with Crippen LogP contribution in [0.2, 0.25) is 0 Å². The lowest BCUT2D eigenvalue weighted by atomic mass is 9.97. The van der Waals surface area contributed by atoms with Gasteiger partial charge in [-0.15, -0.1) is 10.2 Å². The summed E-state index contributed by atoms with van der Waals surface area (Å²) in [6, 6.07) is 5.91. The first-order chi connectivity index (χ1) is 11.6. The molecule has 0 bridgehead atoms. The molecule has 0 N–H and O–H groups in total. The van der Waals surface area contributed by atoms with Gasteiger partial charge in [-0.3, -0.25) is 9.20 Å². The first-order valence-corrected chi connectivity index (χ1v) is 8.71. The first-order valence-electron chi connectivity index (χ1n) is 7.91. The Hall–Kier alpha value is -2.22. The summed E-state index contributed by atoms with van der Waals surface area (Å²) in [6.45, 7) is 1.70. The number of aromatic nitrogens is 5. The zero-order valence-electron chi connectivity index (χ0n) is 13.3. The van der Waals surface area contributed by atoms with Gasteiger partial charge < -0.3 is 4.90 Å². The SMILES string of the molecule is Cn1ncc(N2CCCC(c3nnc4ccccn34)C2)c(Br)c1=O. The smallest absolute Gasteiger partial charge is 0.282 e. The van der Waals surface area contributed by atoms with Gasteiger partial charge in [0, 0.05) is 32.3 Å². The molecule has 1 fully saturated rings. The lowest BCUT2D eigenvalue weighted by Gasteiger charge is -2.33. The Bertz CT molecular complexity index is 949. The average molecular weight is 389 g/mol. The Morgan fingerprint density at radius 2 is 2.17 bits per heavy atom. The quantitative estimate of drug-likeness (QED) is 0.671. The third-order valence-corrected chi connectivity index (χ3v) is 5.27. The summed E-state index contributed by atoms with van der Waals surface area (Å²) < 4.78 is 3.94. The Morgan fingerprint density at radius 3 is 3.04 bits per heavy atom. The van der Waals surface area contributed by atoms with E-state index in [0.29, 0.717) is 4.47 Å². The molecule has 4 rings (SSSR count). The molecule has 124 valence electrons. The van der Waals surface area contributed by atoms with Crippen LogP contribution in [0.15, 0.2) is 39.9 Å². The molecular formula is C16H17BrN6O. The highest BCUT2D eigenvalue weighted by atomic mass is 79.9. The third kappa shape index (κ3) is 2.50. The van der Waals surface area contributed by atoms with E-state index in [4.69, 9.17) is 0 Å². The molecule has 4 heterocycles. The zero-order chi connectivity index (χ0) is 16.7. The van der Waals surface area contributed by atoms with Crippen molar-refractivity contribution in [3.05, 3.63) is 51.2 Å². The second-order valence-corrected chi connectivity index (χ2v) is 6.84.